The van der Waals surface area contributed by atoms with Crippen LogP contribution in [0.15, 0.2) is 29.3 Å². The van der Waals surface area contributed by atoms with Crippen molar-refractivity contribution in [3.63, 3.8) is 0 Å². The number of nitrogens with zero attached hydrogens (tertiary/aromatic N) is 2. The van der Waals surface area contributed by atoms with E-state index in [2.05, 4.69) is 4.98 Å². The van der Waals surface area contributed by atoms with Crippen LogP contribution in [0.1, 0.15) is 6.92 Å². The second-order valence-electron chi connectivity index (χ2n) is 3.51. The Balaban J connectivity index is 2.73. The molecule has 1 heterocycles. The van der Waals surface area contributed by atoms with E-state index in [-0.39, 0.29) is 17.9 Å². The molecule has 0 bridgehead atoms. The van der Waals surface area contributed by atoms with Crippen molar-refractivity contribution < 1.29 is 4.79 Å². The summed E-state index contributed by atoms with van der Waals surface area (Å²) in [6.07, 6.45) is 1.36. The van der Waals surface area contributed by atoms with Crippen molar-refractivity contribution in [1.29, 1.82) is 0 Å². The number of carbonyl (C=O) groups excluding carboxylic acids is 1. The molecule has 0 atom stereocenters. The molecule has 82 valence electrons. The average molecular weight is 237 g/mol. The highest BCUT2D eigenvalue weighted by atomic mass is 35.5. The molecule has 1 aromatic heterocycles. The first-order valence-electron chi connectivity index (χ1n) is 4.72. The number of hydrogen-bond donors (Lipinski definition) is 0. The van der Waals surface area contributed by atoms with Crippen LogP contribution in [0.5, 0.6) is 0 Å². The summed E-state index contributed by atoms with van der Waals surface area (Å²) in [7, 11) is 0. The standard InChI is InChI=1S/C11H9ClN2O2/c1-7(15)5-14-6-13-9-4-2-3-8(12)10(9)11(14)16/h2-4,6H,5H2,1H3. The third-order valence-corrected chi connectivity index (χ3v) is 2.51. The highest BCUT2D eigenvalue weighted by Crippen LogP contribution is 2.17. The van der Waals surface area contributed by atoms with Crippen molar-refractivity contribution in [3.8, 4) is 0 Å². The van der Waals surface area contributed by atoms with Crippen molar-refractivity contribution in [2.24, 2.45) is 0 Å². The summed E-state index contributed by atoms with van der Waals surface area (Å²) < 4.78 is 1.26. The SMILES string of the molecule is CC(=O)Cn1cnc2cccc(Cl)c2c1=O. The molecule has 0 saturated carbocycles. The zero-order chi connectivity index (χ0) is 11.7. The Morgan fingerprint density at radius 3 is 2.94 bits per heavy atom. The van der Waals surface area contributed by atoms with E-state index < -0.39 is 0 Å². The van der Waals surface area contributed by atoms with Gasteiger partial charge >= 0.3 is 0 Å². The molecule has 0 aliphatic rings. The normalized spacial score (nSPS) is 10.6. The monoisotopic (exact) mass is 236 g/mol. The Hall–Kier alpha value is -1.68. The molecule has 0 unspecified atom stereocenters. The van der Waals surface area contributed by atoms with Gasteiger partial charge in [0.15, 0.2) is 0 Å². The molecule has 0 radical (unpaired) electrons. The number of hydrogen-bond acceptors (Lipinski definition) is 3. The molecular weight excluding hydrogens is 228 g/mol. The van der Waals surface area contributed by atoms with Crippen molar-refractivity contribution in [3.05, 3.63) is 39.9 Å². The predicted molar refractivity (Wildman–Crippen MR) is 61.7 cm³/mol. The van der Waals surface area contributed by atoms with Crippen LogP contribution in [0.25, 0.3) is 10.9 Å². The zero-order valence-corrected chi connectivity index (χ0v) is 9.36. The number of Topliss-reactive ketones (excluding diaryl/α,β-unsaturated/α-hetero) is 1. The van der Waals surface area contributed by atoms with E-state index in [0.717, 1.165) is 0 Å². The van der Waals surface area contributed by atoms with E-state index in [1.807, 2.05) is 0 Å². The van der Waals surface area contributed by atoms with Crippen LogP contribution >= 0.6 is 11.6 Å². The van der Waals surface area contributed by atoms with E-state index in [9.17, 15) is 9.59 Å². The molecule has 1 aromatic carbocycles. The number of rotatable bonds is 2. The predicted octanol–water partition coefficient (Wildman–Crippen LogP) is 1.64. The van der Waals surface area contributed by atoms with Gasteiger partial charge in [0.05, 0.1) is 28.8 Å². The van der Waals surface area contributed by atoms with Crippen molar-refractivity contribution in [1.82, 2.24) is 9.55 Å². The van der Waals surface area contributed by atoms with Gasteiger partial charge in [-0.2, -0.15) is 0 Å². The van der Waals surface area contributed by atoms with Gasteiger partial charge < -0.3 is 0 Å². The van der Waals surface area contributed by atoms with Gasteiger partial charge in [0.2, 0.25) is 0 Å². The first-order chi connectivity index (χ1) is 7.59. The van der Waals surface area contributed by atoms with Crippen LogP contribution in [-0.4, -0.2) is 15.3 Å². The lowest BCUT2D eigenvalue weighted by molar-refractivity contribution is -0.117. The highest BCUT2D eigenvalue weighted by Gasteiger charge is 2.08. The van der Waals surface area contributed by atoms with Gasteiger partial charge in [-0.15, -0.1) is 0 Å². The van der Waals surface area contributed by atoms with Gasteiger partial charge in [-0.25, -0.2) is 4.98 Å². The lowest BCUT2D eigenvalue weighted by atomic mass is 10.2. The maximum absolute atomic E-state index is 12.0. The zero-order valence-electron chi connectivity index (χ0n) is 8.61. The molecule has 0 aliphatic carbocycles. The molecule has 5 heteroatoms. The number of halogens is 1. The number of ketones is 1. The fourth-order valence-corrected chi connectivity index (χ4v) is 1.76. The van der Waals surface area contributed by atoms with Crippen LogP contribution in [0.2, 0.25) is 5.02 Å². The van der Waals surface area contributed by atoms with Crippen LogP contribution in [0.3, 0.4) is 0 Å². The summed E-state index contributed by atoms with van der Waals surface area (Å²) in [5.74, 6) is -0.102. The summed E-state index contributed by atoms with van der Waals surface area (Å²) in [6.45, 7) is 1.44. The Bertz CT molecular complexity index is 619. The minimum Gasteiger partial charge on any atom is -0.298 e. The fourth-order valence-electron chi connectivity index (χ4n) is 1.51. The molecule has 0 amide bonds. The van der Waals surface area contributed by atoms with Crippen molar-refractivity contribution in [2.75, 3.05) is 0 Å². The van der Waals surface area contributed by atoms with Gasteiger partial charge in [0.25, 0.3) is 5.56 Å². The molecule has 0 fully saturated rings. The minimum absolute atomic E-state index is 0.0208. The largest absolute Gasteiger partial charge is 0.298 e. The summed E-state index contributed by atoms with van der Waals surface area (Å²) in [6, 6.07) is 5.07. The van der Waals surface area contributed by atoms with E-state index in [4.69, 9.17) is 11.6 Å². The number of benzene rings is 1. The maximum Gasteiger partial charge on any atom is 0.263 e. The van der Waals surface area contributed by atoms with Crippen LogP contribution < -0.4 is 5.56 Å². The topological polar surface area (TPSA) is 52.0 Å². The smallest absolute Gasteiger partial charge is 0.263 e. The molecule has 0 spiro atoms. The second-order valence-corrected chi connectivity index (χ2v) is 3.92. The lowest BCUT2D eigenvalue weighted by Crippen LogP contribution is -2.23. The van der Waals surface area contributed by atoms with Crippen molar-refractivity contribution >= 4 is 28.3 Å². The van der Waals surface area contributed by atoms with Gasteiger partial charge in [0, 0.05) is 0 Å². The Morgan fingerprint density at radius 2 is 2.25 bits per heavy atom. The van der Waals surface area contributed by atoms with Crippen molar-refractivity contribution in [2.45, 2.75) is 13.5 Å². The number of fused-ring (bicyclic) bond motifs is 1. The van der Waals surface area contributed by atoms with E-state index >= 15 is 0 Å². The van der Waals surface area contributed by atoms with E-state index in [1.165, 1.54) is 17.8 Å². The molecule has 0 saturated heterocycles. The average Bonchev–Trinajstić information content (AvgIpc) is 2.22. The molecule has 2 rings (SSSR count). The fraction of sp³-hybridized carbons (Fsp3) is 0.182. The van der Waals surface area contributed by atoms with Crippen LogP contribution in [0, 0.1) is 0 Å². The van der Waals surface area contributed by atoms with Crippen LogP contribution in [-0.2, 0) is 11.3 Å². The minimum atomic E-state index is -0.286. The first kappa shape index (κ1) is 10.8. The first-order valence-corrected chi connectivity index (χ1v) is 5.10. The molecule has 16 heavy (non-hydrogen) atoms. The maximum atomic E-state index is 12.0. The number of aromatic nitrogens is 2. The summed E-state index contributed by atoms with van der Waals surface area (Å²) >= 11 is 5.93. The van der Waals surface area contributed by atoms with Gasteiger partial charge in [-0.1, -0.05) is 17.7 Å². The molecule has 2 aromatic rings. The molecule has 0 N–H and O–H groups in total. The van der Waals surface area contributed by atoms with E-state index in [0.29, 0.717) is 15.9 Å². The Kier molecular flexibility index (Phi) is 2.75. The Labute approximate surface area is 96.5 Å². The van der Waals surface area contributed by atoms with E-state index in [1.54, 1.807) is 18.2 Å². The molecule has 0 aliphatic heterocycles. The van der Waals surface area contributed by atoms with Gasteiger partial charge in [-0.3, -0.25) is 14.2 Å². The second kappa shape index (κ2) is 4.06. The van der Waals surface area contributed by atoms with Crippen LogP contribution in [0.4, 0.5) is 0 Å². The lowest BCUT2D eigenvalue weighted by Gasteiger charge is -2.04. The quantitative estimate of drug-likeness (QED) is 0.797. The molecular formula is C11H9ClN2O2. The molecule has 4 nitrogen and oxygen atoms in total. The van der Waals surface area contributed by atoms with Gasteiger partial charge in [-0.05, 0) is 19.1 Å². The highest BCUT2D eigenvalue weighted by molar-refractivity contribution is 6.35. The van der Waals surface area contributed by atoms with Gasteiger partial charge in [0.1, 0.15) is 5.78 Å². The number of carbonyl (C=O) groups is 1. The summed E-state index contributed by atoms with van der Waals surface area (Å²) in [5, 5.41) is 0.709. The third-order valence-electron chi connectivity index (χ3n) is 2.20. The summed E-state index contributed by atoms with van der Waals surface area (Å²) in [5.41, 5.74) is 0.253. The summed E-state index contributed by atoms with van der Waals surface area (Å²) in [4.78, 5) is 27.0. The third kappa shape index (κ3) is 1.84. The Morgan fingerprint density at radius 1 is 1.50 bits per heavy atom.